The summed E-state index contributed by atoms with van der Waals surface area (Å²) in [7, 11) is 1.72. The molecule has 2 heterocycles. The predicted octanol–water partition coefficient (Wildman–Crippen LogP) is 1.67. The van der Waals surface area contributed by atoms with E-state index in [2.05, 4.69) is 43.0 Å². The summed E-state index contributed by atoms with van der Waals surface area (Å²) in [6.07, 6.45) is 2.02. The van der Waals surface area contributed by atoms with Gasteiger partial charge in [-0.1, -0.05) is 6.07 Å². The minimum absolute atomic E-state index is 0. The molecular weight excluding hydrogens is 443 g/mol. The van der Waals surface area contributed by atoms with Crippen molar-refractivity contribution >= 4 is 41.7 Å². The van der Waals surface area contributed by atoms with Gasteiger partial charge in [0.25, 0.3) is 0 Å². The van der Waals surface area contributed by atoms with Gasteiger partial charge in [-0.2, -0.15) is 0 Å². The van der Waals surface area contributed by atoms with Crippen LogP contribution in [0.5, 0.6) is 0 Å². The van der Waals surface area contributed by atoms with Crippen LogP contribution in [0.4, 0.5) is 5.82 Å². The normalized spacial score (nSPS) is 15.4. The molecule has 1 amide bonds. The molecule has 1 aliphatic rings. The number of hydrogen-bond donors (Lipinski definition) is 3. The Kier molecular flexibility index (Phi) is 9.68. The summed E-state index contributed by atoms with van der Waals surface area (Å²) in [5.74, 6) is 1.69. The zero-order valence-corrected chi connectivity index (χ0v) is 18.4. The lowest BCUT2D eigenvalue weighted by Crippen LogP contribution is -2.50. The van der Waals surface area contributed by atoms with E-state index >= 15 is 0 Å². The standard InChI is InChI=1S/C18H30N6O.HI/c1-13(2)21-17(25)12-20-18(19-4)23-15-8-10-24(11-9-15)16-7-5-6-14(3)22-16;/h5-7,13,15H,8-12H2,1-4H3,(H,21,25)(H2,19,20,23);1H. The van der Waals surface area contributed by atoms with Crippen molar-refractivity contribution in [3.05, 3.63) is 23.9 Å². The van der Waals surface area contributed by atoms with Gasteiger partial charge in [0.1, 0.15) is 5.82 Å². The van der Waals surface area contributed by atoms with Crippen LogP contribution in [0.3, 0.4) is 0 Å². The molecule has 0 saturated carbocycles. The molecule has 26 heavy (non-hydrogen) atoms. The molecule has 0 spiro atoms. The molecule has 3 N–H and O–H groups in total. The maximum absolute atomic E-state index is 11.7. The summed E-state index contributed by atoms with van der Waals surface area (Å²) in [6, 6.07) is 6.62. The van der Waals surface area contributed by atoms with Crippen LogP contribution in [0.15, 0.2) is 23.2 Å². The van der Waals surface area contributed by atoms with E-state index in [1.165, 1.54) is 0 Å². The van der Waals surface area contributed by atoms with Gasteiger partial charge in [-0.3, -0.25) is 9.79 Å². The van der Waals surface area contributed by atoms with E-state index in [1.807, 2.05) is 26.8 Å². The summed E-state index contributed by atoms with van der Waals surface area (Å²) < 4.78 is 0. The van der Waals surface area contributed by atoms with Gasteiger partial charge in [-0.05, 0) is 45.7 Å². The first-order chi connectivity index (χ1) is 12.0. The minimum atomic E-state index is -0.0294. The Hall–Kier alpha value is -1.58. The second-order valence-electron chi connectivity index (χ2n) is 6.69. The number of nitrogens with one attached hydrogen (secondary N) is 3. The average molecular weight is 474 g/mol. The fourth-order valence-corrected chi connectivity index (χ4v) is 2.88. The zero-order chi connectivity index (χ0) is 18.2. The number of aryl methyl sites for hydroxylation is 1. The number of rotatable bonds is 5. The number of aromatic nitrogens is 1. The number of aliphatic imine (C=N–C) groups is 1. The summed E-state index contributed by atoms with van der Waals surface area (Å²) in [5, 5.41) is 9.34. The van der Waals surface area contributed by atoms with Crippen molar-refractivity contribution in [1.29, 1.82) is 0 Å². The van der Waals surface area contributed by atoms with Gasteiger partial charge in [-0.15, -0.1) is 24.0 Å². The maximum Gasteiger partial charge on any atom is 0.239 e. The molecule has 8 heteroatoms. The van der Waals surface area contributed by atoms with E-state index in [1.54, 1.807) is 7.05 Å². The van der Waals surface area contributed by atoms with Crippen LogP contribution < -0.4 is 20.9 Å². The largest absolute Gasteiger partial charge is 0.356 e. The lowest BCUT2D eigenvalue weighted by Gasteiger charge is -2.34. The lowest BCUT2D eigenvalue weighted by molar-refractivity contribution is -0.120. The summed E-state index contributed by atoms with van der Waals surface area (Å²) in [4.78, 5) is 22.8. The molecule has 1 saturated heterocycles. The number of guanidine groups is 1. The van der Waals surface area contributed by atoms with Crippen LogP contribution >= 0.6 is 24.0 Å². The molecule has 0 aliphatic carbocycles. The number of pyridine rings is 1. The van der Waals surface area contributed by atoms with Crippen molar-refractivity contribution in [1.82, 2.24) is 20.9 Å². The second-order valence-corrected chi connectivity index (χ2v) is 6.69. The fourth-order valence-electron chi connectivity index (χ4n) is 2.88. The summed E-state index contributed by atoms with van der Waals surface area (Å²) in [5.41, 5.74) is 1.04. The third-order valence-corrected chi connectivity index (χ3v) is 4.12. The van der Waals surface area contributed by atoms with Crippen molar-refractivity contribution in [2.45, 2.75) is 45.7 Å². The molecule has 146 valence electrons. The molecule has 1 aliphatic heterocycles. The van der Waals surface area contributed by atoms with Crippen LogP contribution in [-0.4, -0.2) is 55.6 Å². The second kappa shape index (κ2) is 11.2. The SMILES string of the molecule is CN=C(NCC(=O)NC(C)C)NC1CCN(c2cccc(C)n2)CC1.I. The van der Waals surface area contributed by atoms with Gasteiger partial charge in [0.05, 0.1) is 6.54 Å². The summed E-state index contributed by atoms with van der Waals surface area (Å²) in [6.45, 7) is 8.05. The Balaban J connectivity index is 0.00000338. The van der Waals surface area contributed by atoms with E-state index in [-0.39, 0.29) is 42.5 Å². The third kappa shape index (κ3) is 7.35. The highest BCUT2D eigenvalue weighted by Crippen LogP contribution is 2.18. The zero-order valence-electron chi connectivity index (χ0n) is 16.1. The smallest absolute Gasteiger partial charge is 0.239 e. The van der Waals surface area contributed by atoms with Crippen molar-refractivity contribution in [3.8, 4) is 0 Å². The van der Waals surface area contributed by atoms with Crippen LogP contribution in [0.1, 0.15) is 32.4 Å². The molecule has 0 bridgehead atoms. The highest BCUT2D eigenvalue weighted by molar-refractivity contribution is 14.0. The minimum Gasteiger partial charge on any atom is -0.356 e. The van der Waals surface area contributed by atoms with Crippen LogP contribution in [-0.2, 0) is 4.79 Å². The molecule has 0 atom stereocenters. The molecule has 1 aromatic rings. The van der Waals surface area contributed by atoms with Crippen molar-refractivity contribution in [2.75, 3.05) is 31.6 Å². The number of anilines is 1. The highest BCUT2D eigenvalue weighted by atomic mass is 127. The average Bonchev–Trinajstić information content (AvgIpc) is 2.58. The van der Waals surface area contributed by atoms with E-state index in [9.17, 15) is 4.79 Å². The lowest BCUT2D eigenvalue weighted by atomic mass is 10.1. The Labute approximate surface area is 173 Å². The summed E-state index contributed by atoms with van der Waals surface area (Å²) >= 11 is 0. The molecule has 0 unspecified atom stereocenters. The first-order valence-corrected chi connectivity index (χ1v) is 8.93. The first kappa shape index (κ1) is 22.5. The molecule has 0 radical (unpaired) electrons. The number of hydrogen-bond acceptors (Lipinski definition) is 4. The van der Waals surface area contributed by atoms with Crippen LogP contribution in [0, 0.1) is 6.92 Å². The highest BCUT2D eigenvalue weighted by Gasteiger charge is 2.21. The molecule has 7 nitrogen and oxygen atoms in total. The third-order valence-electron chi connectivity index (χ3n) is 4.12. The van der Waals surface area contributed by atoms with E-state index in [0.717, 1.165) is 37.4 Å². The van der Waals surface area contributed by atoms with Gasteiger partial charge >= 0.3 is 0 Å². The first-order valence-electron chi connectivity index (χ1n) is 8.93. The maximum atomic E-state index is 11.7. The fraction of sp³-hybridized carbons (Fsp3) is 0.611. The molecule has 1 aromatic heterocycles. The van der Waals surface area contributed by atoms with Crippen LogP contribution in [0.25, 0.3) is 0 Å². The topological polar surface area (TPSA) is 81.6 Å². The van der Waals surface area contributed by atoms with Gasteiger partial charge in [-0.25, -0.2) is 4.98 Å². The molecule has 0 aromatic carbocycles. The van der Waals surface area contributed by atoms with Crippen molar-refractivity contribution < 1.29 is 4.79 Å². The van der Waals surface area contributed by atoms with Crippen molar-refractivity contribution in [3.63, 3.8) is 0 Å². The molecular formula is C18H31IN6O. The van der Waals surface area contributed by atoms with Crippen LogP contribution in [0.2, 0.25) is 0 Å². The Morgan fingerprint density at radius 2 is 2.04 bits per heavy atom. The van der Waals surface area contributed by atoms with Gasteiger partial charge in [0.15, 0.2) is 5.96 Å². The van der Waals surface area contributed by atoms with Gasteiger partial charge < -0.3 is 20.9 Å². The van der Waals surface area contributed by atoms with E-state index in [0.29, 0.717) is 12.0 Å². The van der Waals surface area contributed by atoms with Crippen molar-refractivity contribution in [2.24, 2.45) is 4.99 Å². The monoisotopic (exact) mass is 474 g/mol. The number of halogens is 1. The predicted molar refractivity (Wildman–Crippen MR) is 117 cm³/mol. The van der Waals surface area contributed by atoms with Gasteiger partial charge in [0.2, 0.25) is 5.91 Å². The number of amides is 1. The molecule has 2 rings (SSSR count). The van der Waals surface area contributed by atoms with E-state index < -0.39 is 0 Å². The number of carbonyl (C=O) groups excluding carboxylic acids is 1. The Morgan fingerprint density at radius 1 is 1.35 bits per heavy atom. The Morgan fingerprint density at radius 3 is 2.62 bits per heavy atom. The number of piperidine rings is 1. The molecule has 1 fully saturated rings. The van der Waals surface area contributed by atoms with E-state index in [4.69, 9.17) is 0 Å². The number of carbonyl (C=O) groups is 1. The number of nitrogens with zero attached hydrogens (tertiary/aromatic N) is 3. The quantitative estimate of drug-likeness (QED) is 0.344. The van der Waals surface area contributed by atoms with Gasteiger partial charge in [0, 0.05) is 37.9 Å². The Bertz CT molecular complexity index is 599.